The van der Waals surface area contributed by atoms with E-state index in [0.29, 0.717) is 17.9 Å². The van der Waals surface area contributed by atoms with Gasteiger partial charge in [-0.3, -0.25) is 0 Å². The number of halogens is 1. The van der Waals surface area contributed by atoms with Crippen molar-refractivity contribution in [3.63, 3.8) is 0 Å². The van der Waals surface area contributed by atoms with Gasteiger partial charge in [0.1, 0.15) is 11.6 Å². The van der Waals surface area contributed by atoms with Crippen molar-refractivity contribution in [1.82, 2.24) is 8.87 Å². The Morgan fingerprint density at radius 2 is 1.74 bits per heavy atom. The SMILES string of the molecule is COc1ccc(S(=O)(=O)N2CCn3cccc3[C@@H]2c2ccccc2F)cc1. The van der Waals surface area contributed by atoms with Gasteiger partial charge in [-0.25, -0.2) is 12.8 Å². The number of hydrogen-bond acceptors (Lipinski definition) is 3. The van der Waals surface area contributed by atoms with E-state index < -0.39 is 21.9 Å². The Hall–Kier alpha value is -2.64. The molecule has 0 N–H and O–H groups in total. The first-order valence-corrected chi connectivity index (χ1v) is 10.0. The Kier molecular flexibility index (Phi) is 4.49. The van der Waals surface area contributed by atoms with E-state index in [2.05, 4.69) is 0 Å². The van der Waals surface area contributed by atoms with Gasteiger partial charge in [0, 0.05) is 30.5 Å². The summed E-state index contributed by atoms with van der Waals surface area (Å²) in [6, 6.07) is 15.5. The molecule has 140 valence electrons. The van der Waals surface area contributed by atoms with Crippen molar-refractivity contribution in [1.29, 1.82) is 0 Å². The predicted octanol–water partition coefficient (Wildman–Crippen LogP) is 3.43. The fourth-order valence-corrected chi connectivity index (χ4v) is 5.09. The van der Waals surface area contributed by atoms with Crippen LogP contribution in [0.15, 0.2) is 71.8 Å². The lowest BCUT2D eigenvalue weighted by molar-refractivity contribution is 0.293. The van der Waals surface area contributed by atoms with Crippen LogP contribution in [0.25, 0.3) is 0 Å². The van der Waals surface area contributed by atoms with E-state index >= 15 is 0 Å². The van der Waals surface area contributed by atoms with Crippen LogP contribution in [0.1, 0.15) is 17.3 Å². The minimum atomic E-state index is -3.82. The van der Waals surface area contributed by atoms with Crippen LogP contribution in [0.2, 0.25) is 0 Å². The molecule has 0 saturated heterocycles. The summed E-state index contributed by atoms with van der Waals surface area (Å²) < 4.78 is 49.8. The van der Waals surface area contributed by atoms with E-state index in [4.69, 9.17) is 4.74 Å². The van der Waals surface area contributed by atoms with E-state index in [-0.39, 0.29) is 11.4 Å². The van der Waals surface area contributed by atoms with Crippen molar-refractivity contribution >= 4 is 10.0 Å². The average Bonchev–Trinajstić information content (AvgIpc) is 3.16. The zero-order chi connectivity index (χ0) is 19.0. The van der Waals surface area contributed by atoms with Gasteiger partial charge >= 0.3 is 0 Å². The van der Waals surface area contributed by atoms with Gasteiger partial charge in [-0.2, -0.15) is 4.31 Å². The third-order valence-corrected chi connectivity index (χ3v) is 6.74. The third kappa shape index (κ3) is 3.02. The fourth-order valence-electron chi connectivity index (χ4n) is 3.52. The number of aromatic nitrogens is 1. The second-order valence-electron chi connectivity index (χ2n) is 6.34. The monoisotopic (exact) mass is 386 g/mol. The summed E-state index contributed by atoms with van der Waals surface area (Å²) in [5.74, 6) is 0.152. The zero-order valence-electron chi connectivity index (χ0n) is 14.7. The second kappa shape index (κ2) is 6.83. The van der Waals surface area contributed by atoms with E-state index in [1.54, 1.807) is 30.3 Å². The van der Waals surface area contributed by atoms with Crippen LogP contribution in [0.4, 0.5) is 4.39 Å². The molecule has 0 fully saturated rings. The van der Waals surface area contributed by atoms with Gasteiger partial charge in [-0.15, -0.1) is 0 Å². The van der Waals surface area contributed by atoms with Gasteiger partial charge in [0.25, 0.3) is 0 Å². The molecule has 0 saturated carbocycles. The molecular formula is C20H19FN2O3S. The molecule has 5 nitrogen and oxygen atoms in total. The molecule has 1 atom stereocenters. The summed E-state index contributed by atoms with van der Waals surface area (Å²) in [6.07, 6.45) is 1.89. The van der Waals surface area contributed by atoms with Gasteiger partial charge < -0.3 is 9.30 Å². The fraction of sp³-hybridized carbons (Fsp3) is 0.200. The smallest absolute Gasteiger partial charge is 0.244 e. The highest BCUT2D eigenvalue weighted by Gasteiger charge is 2.38. The average molecular weight is 386 g/mol. The number of fused-ring (bicyclic) bond motifs is 1. The Labute approximate surface area is 157 Å². The Balaban J connectivity index is 1.84. The van der Waals surface area contributed by atoms with Crippen molar-refractivity contribution in [3.8, 4) is 5.75 Å². The van der Waals surface area contributed by atoms with Gasteiger partial charge in [0.15, 0.2) is 0 Å². The highest BCUT2D eigenvalue weighted by Crippen LogP contribution is 2.37. The summed E-state index contributed by atoms with van der Waals surface area (Å²) in [4.78, 5) is 0.157. The van der Waals surface area contributed by atoms with Crippen LogP contribution in [-0.4, -0.2) is 30.9 Å². The number of benzene rings is 2. The van der Waals surface area contributed by atoms with Crippen LogP contribution in [0, 0.1) is 5.82 Å². The van der Waals surface area contributed by atoms with E-state index in [1.165, 1.54) is 29.6 Å². The Morgan fingerprint density at radius 1 is 1.00 bits per heavy atom. The summed E-state index contributed by atoms with van der Waals surface area (Å²) in [7, 11) is -2.30. The maximum absolute atomic E-state index is 14.6. The summed E-state index contributed by atoms with van der Waals surface area (Å²) in [5, 5.41) is 0. The summed E-state index contributed by atoms with van der Waals surface area (Å²) >= 11 is 0. The molecule has 0 unspecified atom stereocenters. The van der Waals surface area contributed by atoms with Crippen molar-refractivity contribution in [3.05, 3.63) is 83.9 Å². The van der Waals surface area contributed by atoms with Crippen LogP contribution >= 0.6 is 0 Å². The molecule has 7 heteroatoms. The first kappa shape index (κ1) is 17.8. The molecule has 1 aromatic heterocycles. The second-order valence-corrected chi connectivity index (χ2v) is 8.23. The summed E-state index contributed by atoms with van der Waals surface area (Å²) in [6.45, 7) is 0.776. The quantitative estimate of drug-likeness (QED) is 0.690. The minimum absolute atomic E-state index is 0.157. The molecule has 1 aliphatic rings. The highest BCUT2D eigenvalue weighted by atomic mass is 32.2. The molecule has 0 spiro atoms. The molecule has 3 aromatic rings. The molecule has 4 rings (SSSR count). The van der Waals surface area contributed by atoms with E-state index in [1.807, 2.05) is 22.9 Å². The Morgan fingerprint density at radius 3 is 2.44 bits per heavy atom. The van der Waals surface area contributed by atoms with Crippen LogP contribution in [-0.2, 0) is 16.6 Å². The minimum Gasteiger partial charge on any atom is -0.497 e. The van der Waals surface area contributed by atoms with Crippen molar-refractivity contribution in [2.45, 2.75) is 17.5 Å². The third-order valence-electron chi connectivity index (χ3n) is 4.86. The first-order valence-electron chi connectivity index (χ1n) is 8.58. The number of ether oxygens (including phenoxy) is 1. The van der Waals surface area contributed by atoms with Gasteiger partial charge in [-0.1, -0.05) is 18.2 Å². The molecule has 0 aliphatic carbocycles. The lowest BCUT2D eigenvalue weighted by Crippen LogP contribution is -2.42. The molecule has 0 amide bonds. The lowest BCUT2D eigenvalue weighted by Gasteiger charge is -2.36. The van der Waals surface area contributed by atoms with Gasteiger partial charge in [0.05, 0.1) is 18.0 Å². The number of methoxy groups -OCH3 is 1. The van der Waals surface area contributed by atoms with E-state index in [9.17, 15) is 12.8 Å². The number of hydrogen-bond donors (Lipinski definition) is 0. The molecule has 1 aliphatic heterocycles. The molecule has 0 radical (unpaired) electrons. The normalized spacial score (nSPS) is 17.5. The van der Waals surface area contributed by atoms with Gasteiger partial charge in [0.2, 0.25) is 10.0 Å². The van der Waals surface area contributed by atoms with Crippen LogP contribution in [0.5, 0.6) is 5.75 Å². The largest absolute Gasteiger partial charge is 0.497 e. The molecule has 2 aromatic carbocycles. The van der Waals surface area contributed by atoms with Gasteiger partial charge in [-0.05, 0) is 42.5 Å². The van der Waals surface area contributed by atoms with Crippen LogP contribution < -0.4 is 4.74 Å². The Bertz CT molecular complexity index is 1060. The molecule has 27 heavy (non-hydrogen) atoms. The molecule has 0 bridgehead atoms. The van der Waals surface area contributed by atoms with Crippen molar-refractivity contribution < 1.29 is 17.5 Å². The summed E-state index contributed by atoms with van der Waals surface area (Å²) in [5.41, 5.74) is 1.10. The maximum atomic E-state index is 14.6. The maximum Gasteiger partial charge on any atom is 0.244 e. The van der Waals surface area contributed by atoms with E-state index in [0.717, 1.165) is 5.69 Å². The standard InChI is InChI=1S/C20H19FN2O3S/c1-26-15-8-10-16(11-9-15)27(24,25)23-14-13-22-12-4-7-19(22)20(23)17-5-2-3-6-18(17)21/h2-12,20H,13-14H2,1H3/t20-/m0/s1. The topological polar surface area (TPSA) is 51.5 Å². The molecule has 2 heterocycles. The van der Waals surface area contributed by atoms with Crippen molar-refractivity contribution in [2.24, 2.45) is 0 Å². The number of rotatable bonds is 4. The zero-order valence-corrected chi connectivity index (χ0v) is 15.6. The van der Waals surface area contributed by atoms with Crippen LogP contribution in [0.3, 0.4) is 0 Å². The van der Waals surface area contributed by atoms with Crippen molar-refractivity contribution in [2.75, 3.05) is 13.7 Å². The highest BCUT2D eigenvalue weighted by molar-refractivity contribution is 7.89. The first-order chi connectivity index (χ1) is 13.0. The number of sulfonamides is 1. The predicted molar refractivity (Wildman–Crippen MR) is 99.6 cm³/mol. The number of nitrogens with zero attached hydrogens (tertiary/aromatic N) is 2. The molecular weight excluding hydrogens is 367 g/mol. The lowest BCUT2D eigenvalue weighted by atomic mass is 10.0.